The molecule has 4 rings (SSSR count). The SMILES string of the molecule is C[C@@H]1CCc2c(sc3nc([C@H](C)[NH2+]CCC4=CCCCC4)[nH]c(=O)c23)C1. The maximum atomic E-state index is 12.7. The lowest BCUT2D eigenvalue weighted by atomic mass is 9.89. The van der Waals surface area contributed by atoms with Crippen LogP contribution in [-0.4, -0.2) is 16.5 Å². The minimum Gasteiger partial charge on any atom is -0.337 e. The number of aromatic amines is 1. The number of hydrogen-bond donors (Lipinski definition) is 2. The van der Waals surface area contributed by atoms with Crippen molar-refractivity contribution < 1.29 is 5.32 Å². The molecule has 0 fully saturated rings. The minimum absolute atomic E-state index is 0.0623. The number of thiophene rings is 1. The number of aryl methyl sites for hydroxylation is 1. The lowest BCUT2D eigenvalue weighted by Gasteiger charge is -2.17. The van der Waals surface area contributed by atoms with Gasteiger partial charge in [-0.25, -0.2) is 4.98 Å². The number of hydrogen-bond acceptors (Lipinski definition) is 3. The molecule has 0 amide bonds. The number of nitrogens with two attached hydrogens (primary N) is 1. The third kappa shape index (κ3) is 3.65. The van der Waals surface area contributed by atoms with Gasteiger partial charge in [0, 0.05) is 11.3 Å². The average Bonchev–Trinajstić information content (AvgIpc) is 3.00. The van der Waals surface area contributed by atoms with E-state index in [9.17, 15) is 4.79 Å². The lowest BCUT2D eigenvalue weighted by molar-refractivity contribution is -0.693. The van der Waals surface area contributed by atoms with Gasteiger partial charge in [0.05, 0.1) is 11.9 Å². The summed E-state index contributed by atoms with van der Waals surface area (Å²) in [6, 6.07) is 0.189. The van der Waals surface area contributed by atoms with Crippen LogP contribution in [0.25, 0.3) is 10.2 Å². The van der Waals surface area contributed by atoms with Crippen LogP contribution in [0.2, 0.25) is 0 Å². The highest BCUT2D eigenvalue weighted by molar-refractivity contribution is 7.18. The number of nitrogens with one attached hydrogen (secondary N) is 1. The molecule has 2 atom stereocenters. The van der Waals surface area contributed by atoms with Crippen molar-refractivity contribution in [1.82, 2.24) is 9.97 Å². The van der Waals surface area contributed by atoms with Crippen molar-refractivity contribution in [2.45, 2.75) is 71.3 Å². The normalized spacial score (nSPS) is 21.5. The Kier molecular flexibility index (Phi) is 5.28. The van der Waals surface area contributed by atoms with Crippen LogP contribution in [-0.2, 0) is 12.8 Å². The summed E-state index contributed by atoms with van der Waals surface area (Å²) >= 11 is 1.74. The summed E-state index contributed by atoms with van der Waals surface area (Å²) in [5, 5.41) is 3.18. The number of quaternary nitrogens is 1. The first-order valence-corrected chi connectivity index (χ1v) is 11.0. The van der Waals surface area contributed by atoms with Crippen LogP contribution in [0, 0.1) is 5.92 Å². The Morgan fingerprint density at radius 2 is 2.27 bits per heavy atom. The van der Waals surface area contributed by atoms with Crippen LogP contribution in [0.3, 0.4) is 0 Å². The van der Waals surface area contributed by atoms with E-state index in [1.807, 2.05) is 0 Å². The van der Waals surface area contributed by atoms with Gasteiger partial charge in [0.25, 0.3) is 5.56 Å². The van der Waals surface area contributed by atoms with Gasteiger partial charge in [0.1, 0.15) is 10.9 Å². The molecule has 0 saturated carbocycles. The Hall–Kier alpha value is -1.46. The Morgan fingerprint density at radius 1 is 1.38 bits per heavy atom. The predicted molar refractivity (Wildman–Crippen MR) is 108 cm³/mol. The Balaban J connectivity index is 1.49. The molecule has 0 saturated heterocycles. The van der Waals surface area contributed by atoms with Gasteiger partial charge in [-0.05, 0) is 63.4 Å². The van der Waals surface area contributed by atoms with Crippen molar-refractivity contribution in [3.63, 3.8) is 0 Å². The molecule has 2 aromatic rings. The van der Waals surface area contributed by atoms with Gasteiger partial charge in [0.2, 0.25) is 0 Å². The number of rotatable bonds is 5. The monoisotopic (exact) mass is 372 g/mol. The van der Waals surface area contributed by atoms with E-state index >= 15 is 0 Å². The second-order valence-electron chi connectivity index (χ2n) is 8.15. The summed E-state index contributed by atoms with van der Waals surface area (Å²) in [6.07, 6.45) is 12.1. The zero-order valence-electron chi connectivity index (χ0n) is 15.9. The molecular formula is C21H30N3OS+. The molecule has 140 valence electrons. The molecule has 0 unspecified atom stereocenters. The maximum absolute atomic E-state index is 12.7. The van der Waals surface area contributed by atoms with Crippen LogP contribution < -0.4 is 10.9 Å². The molecule has 2 aliphatic carbocycles. The molecule has 0 bridgehead atoms. The molecule has 0 radical (unpaired) electrons. The molecule has 26 heavy (non-hydrogen) atoms. The Labute approximate surface area is 159 Å². The zero-order valence-corrected chi connectivity index (χ0v) is 16.8. The second-order valence-corrected chi connectivity index (χ2v) is 9.24. The maximum Gasteiger partial charge on any atom is 0.260 e. The number of nitrogens with zero attached hydrogens (tertiary/aromatic N) is 1. The fourth-order valence-electron chi connectivity index (χ4n) is 4.34. The first-order valence-electron chi connectivity index (χ1n) is 10.2. The van der Waals surface area contributed by atoms with Crippen LogP contribution in [0.1, 0.15) is 74.7 Å². The van der Waals surface area contributed by atoms with E-state index in [4.69, 9.17) is 4.98 Å². The topological polar surface area (TPSA) is 62.4 Å². The highest BCUT2D eigenvalue weighted by atomic mass is 32.1. The molecule has 0 spiro atoms. The predicted octanol–water partition coefficient (Wildman–Crippen LogP) is 3.62. The summed E-state index contributed by atoms with van der Waals surface area (Å²) < 4.78 is 0. The number of H-pyrrole nitrogens is 1. The minimum atomic E-state index is 0.0623. The Morgan fingerprint density at radius 3 is 3.08 bits per heavy atom. The largest absolute Gasteiger partial charge is 0.337 e. The van der Waals surface area contributed by atoms with E-state index in [-0.39, 0.29) is 11.6 Å². The second kappa shape index (κ2) is 7.65. The van der Waals surface area contributed by atoms with E-state index < -0.39 is 0 Å². The Bertz CT molecular complexity index is 879. The highest BCUT2D eigenvalue weighted by Crippen LogP contribution is 2.35. The molecular weight excluding hydrogens is 342 g/mol. The van der Waals surface area contributed by atoms with E-state index in [1.54, 1.807) is 16.9 Å². The first-order chi connectivity index (χ1) is 12.6. The molecule has 5 heteroatoms. The van der Waals surface area contributed by atoms with Crippen molar-refractivity contribution in [1.29, 1.82) is 0 Å². The third-order valence-corrected chi connectivity index (χ3v) is 7.13. The number of aromatic nitrogens is 2. The summed E-state index contributed by atoms with van der Waals surface area (Å²) in [6.45, 7) is 5.51. The van der Waals surface area contributed by atoms with Crippen LogP contribution in [0.15, 0.2) is 16.4 Å². The van der Waals surface area contributed by atoms with E-state index in [1.165, 1.54) is 42.5 Å². The molecule has 0 aromatic carbocycles. The highest BCUT2D eigenvalue weighted by Gasteiger charge is 2.24. The first kappa shape index (κ1) is 17.9. The van der Waals surface area contributed by atoms with E-state index in [2.05, 4.69) is 30.2 Å². The van der Waals surface area contributed by atoms with Gasteiger partial charge in [-0.3, -0.25) is 4.79 Å². The summed E-state index contributed by atoms with van der Waals surface area (Å²) in [5.74, 6) is 1.54. The van der Waals surface area contributed by atoms with Crippen molar-refractivity contribution in [2.24, 2.45) is 5.92 Å². The third-order valence-electron chi connectivity index (χ3n) is 5.99. The molecule has 4 nitrogen and oxygen atoms in total. The molecule has 2 aliphatic rings. The van der Waals surface area contributed by atoms with Gasteiger partial charge in [-0.15, -0.1) is 11.3 Å². The van der Waals surface area contributed by atoms with Gasteiger partial charge in [-0.1, -0.05) is 18.6 Å². The van der Waals surface area contributed by atoms with Gasteiger partial charge in [0.15, 0.2) is 5.82 Å². The van der Waals surface area contributed by atoms with E-state index in [0.29, 0.717) is 0 Å². The summed E-state index contributed by atoms with van der Waals surface area (Å²) in [5.41, 5.74) is 2.94. The van der Waals surface area contributed by atoms with Crippen molar-refractivity contribution in [3.8, 4) is 0 Å². The average molecular weight is 373 g/mol. The van der Waals surface area contributed by atoms with Crippen LogP contribution in [0.4, 0.5) is 0 Å². The molecule has 0 aliphatic heterocycles. The zero-order chi connectivity index (χ0) is 18.1. The van der Waals surface area contributed by atoms with Crippen molar-refractivity contribution in [2.75, 3.05) is 6.54 Å². The smallest absolute Gasteiger partial charge is 0.260 e. The molecule has 2 heterocycles. The summed E-state index contributed by atoms with van der Waals surface area (Å²) in [4.78, 5) is 23.0. The number of fused-ring (bicyclic) bond motifs is 3. The van der Waals surface area contributed by atoms with Gasteiger partial charge < -0.3 is 10.3 Å². The fourth-order valence-corrected chi connectivity index (χ4v) is 5.73. The van der Waals surface area contributed by atoms with Gasteiger partial charge >= 0.3 is 0 Å². The van der Waals surface area contributed by atoms with Crippen molar-refractivity contribution in [3.05, 3.63) is 38.3 Å². The van der Waals surface area contributed by atoms with Crippen molar-refractivity contribution >= 4 is 21.6 Å². The van der Waals surface area contributed by atoms with E-state index in [0.717, 1.165) is 47.8 Å². The fraction of sp³-hybridized carbons (Fsp3) is 0.619. The molecule has 3 N–H and O–H groups in total. The quantitative estimate of drug-likeness (QED) is 0.788. The van der Waals surface area contributed by atoms with Crippen LogP contribution >= 0.6 is 11.3 Å². The van der Waals surface area contributed by atoms with Crippen LogP contribution in [0.5, 0.6) is 0 Å². The standard InChI is InChI=1S/C21H29N3OS/c1-13-8-9-16-17(12-13)26-21-18(16)20(25)23-19(24-21)14(2)22-11-10-15-6-4-3-5-7-15/h6,13-14,22H,3-5,7-12H2,1-2H3,(H,23,24,25)/p+1/t13-,14+/m1/s1. The lowest BCUT2D eigenvalue weighted by Crippen LogP contribution is -2.85. The van der Waals surface area contributed by atoms with Gasteiger partial charge in [-0.2, -0.15) is 0 Å². The number of allylic oxidation sites excluding steroid dienone is 1. The molecule has 2 aromatic heterocycles. The summed E-state index contributed by atoms with van der Waals surface area (Å²) in [7, 11) is 0.